The molecule has 0 unspecified atom stereocenters. The Morgan fingerprint density at radius 2 is 1.76 bits per heavy atom. The molecule has 0 atom stereocenters. The summed E-state index contributed by atoms with van der Waals surface area (Å²) in [5, 5.41) is 2.82. The van der Waals surface area contributed by atoms with Gasteiger partial charge >= 0.3 is 0 Å². The normalized spacial score (nSPS) is 16.2. The minimum atomic E-state index is -0.285. The summed E-state index contributed by atoms with van der Waals surface area (Å²) < 4.78 is 0.878. The summed E-state index contributed by atoms with van der Waals surface area (Å²) in [5.74, 6) is -0.285. The summed E-state index contributed by atoms with van der Waals surface area (Å²) in [6.07, 6.45) is 5.36. The van der Waals surface area contributed by atoms with E-state index in [-0.39, 0.29) is 17.8 Å². The average molecular weight is 415 g/mol. The van der Waals surface area contributed by atoms with E-state index in [1.165, 1.54) is 4.90 Å². The fraction of sp³-hybridized carbons (Fsp3) is 0.0526. The van der Waals surface area contributed by atoms with Crippen LogP contribution >= 0.6 is 27.7 Å². The lowest BCUT2D eigenvalue weighted by atomic mass is 10.2. The molecule has 0 aromatic heterocycles. The maximum absolute atomic E-state index is 12.4. The maximum Gasteiger partial charge on any atom is 0.295 e. The van der Waals surface area contributed by atoms with Crippen LogP contribution in [-0.2, 0) is 4.79 Å². The van der Waals surface area contributed by atoms with Gasteiger partial charge in [0.05, 0.1) is 11.6 Å². The van der Waals surface area contributed by atoms with E-state index < -0.39 is 0 Å². The van der Waals surface area contributed by atoms with Gasteiger partial charge in [-0.25, -0.2) is 0 Å². The third-order valence-corrected chi connectivity index (χ3v) is 5.13. The summed E-state index contributed by atoms with van der Waals surface area (Å²) in [6, 6.07) is 17.3. The Hall–Kier alpha value is -2.31. The number of anilines is 1. The second-order valence-electron chi connectivity index (χ2n) is 5.22. The lowest BCUT2D eigenvalue weighted by Crippen LogP contribution is -2.33. The van der Waals surface area contributed by atoms with Crippen LogP contribution in [-0.4, -0.2) is 22.7 Å². The Labute approximate surface area is 158 Å². The van der Waals surface area contributed by atoms with Crippen molar-refractivity contribution in [3.05, 3.63) is 81.7 Å². The number of imide groups is 1. The Morgan fingerprint density at radius 3 is 2.52 bits per heavy atom. The van der Waals surface area contributed by atoms with Crippen molar-refractivity contribution in [2.45, 2.75) is 0 Å². The number of halogens is 1. The molecule has 2 amide bonds. The molecule has 6 heteroatoms. The fourth-order valence-corrected chi connectivity index (χ4v) is 3.44. The molecule has 1 aliphatic heterocycles. The van der Waals surface area contributed by atoms with Crippen LogP contribution in [0.4, 0.5) is 10.5 Å². The molecule has 0 spiro atoms. The number of carbonyl (C=O) groups is 2. The molecule has 0 saturated carbocycles. The lowest BCUT2D eigenvalue weighted by molar-refractivity contribution is -0.122. The monoisotopic (exact) mass is 414 g/mol. The molecule has 25 heavy (non-hydrogen) atoms. The van der Waals surface area contributed by atoms with E-state index in [4.69, 9.17) is 0 Å². The van der Waals surface area contributed by atoms with Crippen LogP contribution in [0.5, 0.6) is 0 Å². The molecular formula is C19H15BrN2O2S. The molecule has 0 aliphatic carbocycles. The lowest BCUT2D eigenvalue weighted by Gasteiger charge is -2.15. The number of nitrogens with zero attached hydrogens (tertiary/aromatic N) is 1. The van der Waals surface area contributed by atoms with E-state index in [1.807, 2.05) is 60.7 Å². The van der Waals surface area contributed by atoms with Crippen molar-refractivity contribution in [1.82, 2.24) is 4.90 Å². The van der Waals surface area contributed by atoms with Crippen LogP contribution in [0, 0.1) is 0 Å². The highest BCUT2D eigenvalue weighted by Gasteiger charge is 2.34. The third-order valence-electron chi connectivity index (χ3n) is 3.51. The summed E-state index contributed by atoms with van der Waals surface area (Å²) in [5.41, 5.74) is 1.86. The van der Waals surface area contributed by atoms with Gasteiger partial charge in [0.1, 0.15) is 0 Å². The number of amides is 2. The van der Waals surface area contributed by atoms with Crippen molar-refractivity contribution >= 4 is 50.6 Å². The largest absolute Gasteiger partial charge is 0.366 e. The van der Waals surface area contributed by atoms with Crippen LogP contribution in [0.25, 0.3) is 6.08 Å². The Bertz CT molecular complexity index is 850. The molecule has 1 heterocycles. The van der Waals surface area contributed by atoms with Crippen LogP contribution in [0.15, 0.2) is 76.1 Å². The van der Waals surface area contributed by atoms with Gasteiger partial charge in [0.15, 0.2) is 0 Å². The van der Waals surface area contributed by atoms with Crippen molar-refractivity contribution in [3.8, 4) is 0 Å². The van der Waals surface area contributed by atoms with Gasteiger partial charge in [0.2, 0.25) is 0 Å². The molecule has 0 radical (unpaired) electrons. The molecule has 4 nitrogen and oxygen atoms in total. The van der Waals surface area contributed by atoms with E-state index in [9.17, 15) is 9.59 Å². The number of hydrogen-bond donors (Lipinski definition) is 1. The first kappa shape index (κ1) is 17.5. The molecule has 1 aliphatic rings. The Morgan fingerprint density at radius 1 is 1.04 bits per heavy atom. The van der Waals surface area contributed by atoms with Crippen molar-refractivity contribution < 1.29 is 9.59 Å². The summed E-state index contributed by atoms with van der Waals surface area (Å²) in [7, 11) is 0. The molecular weight excluding hydrogens is 400 g/mol. The SMILES string of the molecule is O=C1S/C(=C\C=C\c2ccccc2)C(=O)N1CNc1ccccc1Br. The minimum absolute atomic E-state index is 0.132. The number of thioether (sulfide) groups is 1. The molecule has 3 rings (SSSR count). The first-order chi connectivity index (χ1) is 12.1. The minimum Gasteiger partial charge on any atom is -0.366 e. The smallest absolute Gasteiger partial charge is 0.295 e. The van der Waals surface area contributed by atoms with Crippen LogP contribution in [0.3, 0.4) is 0 Å². The van der Waals surface area contributed by atoms with Gasteiger partial charge in [0, 0.05) is 10.2 Å². The van der Waals surface area contributed by atoms with E-state index in [0.717, 1.165) is 27.5 Å². The molecule has 126 valence electrons. The molecule has 0 bridgehead atoms. The van der Waals surface area contributed by atoms with E-state index in [2.05, 4.69) is 21.2 Å². The number of nitrogens with one attached hydrogen (secondary N) is 1. The van der Waals surface area contributed by atoms with Gasteiger partial charge in [-0.2, -0.15) is 0 Å². The average Bonchev–Trinajstić information content (AvgIpc) is 2.89. The maximum atomic E-state index is 12.4. The first-order valence-electron chi connectivity index (χ1n) is 7.60. The summed E-state index contributed by atoms with van der Waals surface area (Å²) in [6.45, 7) is 0.132. The highest BCUT2D eigenvalue weighted by atomic mass is 79.9. The zero-order valence-electron chi connectivity index (χ0n) is 13.2. The Balaban J connectivity index is 1.65. The number of benzene rings is 2. The van der Waals surface area contributed by atoms with Crippen molar-refractivity contribution in [1.29, 1.82) is 0 Å². The molecule has 1 saturated heterocycles. The topological polar surface area (TPSA) is 49.4 Å². The number of para-hydroxylation sites is 1. The van der Waals surface area contributed by atoms with Gasteiger partial charge in [-0.3, -0.25) is 14.5 Å². The van der Waals surface area contributed by atoms with Crippen LogP contribution < -0.4 is 5.32 Å². The highest BCUT2D eigenvalue weighted by molar-refractivity contribution is 9.10. The van der Waals surface area contributed by atoms with Gasteiger partial charge in [-0.1, -0.05) is 54.6 Å². The predicted molar refractivity (Wildman–Crippen MR) is 106 cm³/mol. The highest BCUT2D eigenvalue weighted by Crippen LogP contribution is 2.31. The van der Waals surface area contributed by atoms with Crippen LogP contribution in [0.2, 0.25) is 0 Å². The molecule has 2 aromatic rings. The molecule has 1 fully saturated rings. The zero-order chi connectivity index (χ0) is 17.6. The summed E-state index contributed by atoms with van der Waals surface area (Å²) >= 11 is 4.38. The van der Waals surface area contributed by atoms with Gasteiger partial charge in [0.25, 0.3) is 11.1 Å². The van der Waals surface area contributed by atoms with Crippen molar-refractivity contribution in [3.63, 3.8) is 0 Å². The third kappa shape index (κ3) is 4.41. The van der Waals surface area contributed by atoms with E-state index in [1.54, 1.807) is 12.2 Å². The number of carbonyl (C=O) groups excluding carboxylic acids is 2. The van der Waals surface area contributed by atoms with Crippen LogP contribution in [0.1, 0.15) is 5.56 Å². The number of rotatable bonds is 5. The fourth-order valence-electron chi connectivity index (χ4n) is 2.23. The zero-order valence-corrected chi connectivity index (χ0v) is 15.6. The van der Waals surface area contributed by atoms with Gasteiger partial charge in [-0.05, 0) is 51.5 Å². The second kappa shape index (κ2) is 8.18. The Kier molecular flexibility index (Phi) is 5.73. The van der Waals surface area contributed by atoms with Crippen molar-refractivity contribution in [2.24, 2.45) is 0 Å². The number of hydrogen-bond acceptors (Lipinski definition) is 4. The summed E-state index contributed by atoms with van der Waals surface area (Å²) in [4.78, 5) is 26.1. The standard InChI is InChI=1S/C19H15BrN2O2S/c20-15-10-4-5-11-16(15)21-13-22-18(23)17(25-19(22)24)12-6-9-14-7-2-1-3-8-14/h1-12,21H,13H2/b9-6+,17-12-. The van der Waals surface area contributed by atoms with Gasteiger partial charge in [-0.15, -0.1) is 0 Å². The quantitative estimate of drug-likeness (QED) is 0.690. The number of allylic oxidation sites excluding steroid dienone is 2. The second-order valence-corrected chi connectivity index (χ2v) is 7.06. The first-order valence-corrected chi connectivity index (χ1v) is 9.21. The van der Waals surface area contributed by atoms with Crippen molar-refractivity contribution in [2.75, 3.05) is 12.0 Å². The van der Waals surface area contributed by atoms with E-state index in [0.29, 0.717) is 4.91 Å². The van der Waals surface area contributed by atoms with E-state index >= 15 is 0 Å². The molecule has 1 N–H and O–H groups in total. The van der Waals surface area contributed by atoms with Gasteiger partial charge < -0.3 is 5.32 Å². The predicted octanol–water partition coefficient (Wildman–Crippen LogP) is 5.11. The molecule has 2 aromatic carbocycles.